The number of thiophene rings is 1. The number of esters is 1. The first-order valence-electron chi connectivity index (χ1n) is 9.16. The van der Waals surface area contributed by atoms with Gasteiger partial charge in [0.05, 0.1) is 34.2 Å². The third-order valence-electron chi connectivity index (χ3n) is 4.01. The van der Waals surface area contributed by atoms with Crippen LogP contribution in [0.4, 0.5) is 23.3 Å². The molecule has 0 unspecified atom stereocenters. The van der Waals surface area contributed by atoms with E-state index in [2.05, 4.69) is 15.6 Å². The molecule has 0 saturated carbocycles. The van der Waals surface area contributed by atoms with Crippen LogP contribution in [-0.2, 0) is 28.7 Å². The molecule has 0 radical (unpaired) electrons. The Bertz CT molecular complexity index is 1060. The van der Waals surface area contributed by atoms with E-state index in [1.54, 1.807) is 30.5 Å². The van der Waals surface area contributed by atoms with E-state index in [0.717, 1.165) is 17.4 Å². The maximum atomic E-state index is 13.1. The maximum Gasteiger partial charge on any atom is 0.416 e. The number of aromatic nitrogens is 1. The van der Waals surface area contributed by atoms with Gasteiger partial charge in [-0.3, -0.25) is 14.9 Å². The highest BCUT2D eigenvalue weighted by atomic mass is 32.1. The Balaban J connectivity index is 1.58. The lowest BCUT2D eigenvalue weighted by Crippen LogP contribution is -2.11. The lowest BCUT2D eigenvalue weighted by Gasteiger charge is -2.13. The molecule has 1 aromatic carbocycles. The van der Waals surface area contributed by atoms with Crippen LogP contribution < -0.4 is 10.6 Å². The van der Waals surface area contributed by atoms with Crippen molar-refractivity contribution in [2.24, 2.45) is 0 Å². The molecule has 2 aromatic heterocycles. The molecule has 1 amide bonds. The molecule has 0 saturated heterocycles. The van der Waals surface area contributed by atoms with Gasteiger partial charge in [-0.25, -0.2) is 4.98 Å². The van der Waals surface area contributed by atoms with Gasteiger partial charge in [0.1, 0.15) is 0 Å². The van der Waals surface area contributed by atoms with Gasteiger partial charge in [0.25, 0.3) is 5.91 Å². The number of halogens is 3. The van der Waals surface area contributed by atoms with Crippen molar-refractivity contribution >= 4 is 44.7 Å². The molecule has 0 spiro atoms. The van der Waals surface area contributed by atoms with Crippen LogP contribution in [0, 0.1) is 0 Å². The number of alkyl halides is 3. The van der Waals surface area contributed by atoms with Crippen LogP contribution in [0.5, 0.6) is 0 Å². The van der Waals surface area contributed by atoms with E-state index >= 15 is 0 Å². The third kappa shape index (κ3) is 6.28. The van der Waals surface area contributed by atoms with Gasteiger partial charge in [0, 0.05) is 11.9 Å². The van der Waals surface area contributed by atoms with Gasteiger partial charge in [-0.2, -0.15) is 13.2 Å². The van der Waals surface area contributed by atoms with Crippen molar-refractivity contribution in [3.8, 4) is 0 Å². The molecule has 31 heavy (non-hydrogen) atoms. The molecule has 0 aliphatic carbocycles. The quantitative estimate of drug-likeness (QED) is 0.444. The minimum atomic E-state index is -4.43. The average Bonchev–Trinajstić information content (AvgIpc) is 3.35. The van der Waals surface area contributed by atoms with E-state index in [9.17, 15) is 22.8 Å². The molecule has 2 heterocycles. The van der Waals surface area contributed by atoms with Gasteiger partial charge in [0.15, 0.2) is 5.13 Å². The number of thiazole rings is 1. The normalized spacial score (nSPS) is 11.2. The summed E-state index contributed by atoms with van der Waals surface area (Å²) in [6.45, 7) is 1.97. The summed E-state index contributed by atoms with van der Waals surface area (Å²) in [5, 5.41) is 8.13. The zero-order valence-electron chi connectivity index (χ0n) is 16.3. The molecule has 3 aromatic rings. The van der Waals surface area contributed by atoms with Gasteiger partial charge in [-0.05, 0) is 30.7 Å². The highest BCUT2D eigenvalue weighted by molar-refractivity contribution is 7.18. The van der Waals surface area contributed by atoms with Crippen molar-refractivity contribution in [1.82, 2.24) is 4.98 Å². The molecule has 2 N–H and O–H groups in total. The van der Waals surface area contributed by atoms with E-state index in [-0.39, 0.29) is 25.1 Å². The van der Waals surface area contributed by atoms with Gasteiger partial charge >= 0.3 is 12.1 Å². The van der Waals surface area contributed by atoms with Gasteiger partial charge in [-0.15, -0.1) is 22.7 Å². The standard InChI is InChI=1S/C20H18F3N3O3S2/c1-2-29-17(27)9-13-11-30-19(25-13)26-18(28)15-7-8-16(31-15)24-10-12-5-3-4-6-14(12)20(21,22)23/h3-8,11,24H,2,9-10H2,1H3,(H,25,26,28). The number of ether oxygens (including phenoxy) is 1. The Kier molecular flexibility index (Phi) is 7.29. The Morgan fingerprint density at radius 3 is 2.68 bits per heavy atom. The average molecular weight is 470 g/mol. The van der Waals surface area contributed by atoms with Crippen LogP contribution in [0.1, 0.15) is 33.4 Å². The van der Waals surface area contributed by atoms with E-state index < -0.39 is 23.6 Å². The van der Waals surface area contributed by atoms with E-state index in [0.29, 0.717) is 20.7 Å². The lowest BCUT2D eigenvalue weighted by atomic mass is 10.1. The molecule has 0 aliphatic heterocycles. The molecular weight excluding hydrogens is 451 g/mol. The minimum Gasteiger partial charge on any atom is -0.466 e. The van der Waals surface area contributed by atoms with Crippen molar-refractivity contribution in [2.45, 2.75) is 26.1 Å². The molecule has 6 nitrogen and oxygen atoms in total. The molecular formula is C20H18F3N3O3S2. The maximum absolute atomic E-state index is 13.1. The Morgan fingerprint density at radius 1 is 1.16 bits per heavy atom. The first-order chi connectivity index (χ1) is 14.8. The summed E-state index contributed by atoms with van der Waals surface area (Å²) in [6, 6.07) is 8.54. The fourth-order valence-electron chi connectivity index (χ4n) is 2.65. The van der Waals surface area contributed by atoms with Crippen LogP contribution in [0.15, 0.2) is 41.8 Å². The first kappa shape index (κ1) is 22.8. The lowest BCUT2D eigenvalue weighted by molar-refractivity contribution is -0.142. The Hall–Kier alpha value is -2.92. The predicted octanol–water partition coefficient (Wildman–Crippen LogP) is 5.19. The van der Waals surface area contributed by atoms with Crippen molar-refractivity contribution in [1.29, 1.82) is 0 Å². The molecule has 3 rings (SSSR count). The van der Waals surface area contributed by atoms with Crippen molar-refractivity contribution < 1.29 is 27.5 Å². The molecule has 0 bridgehead atoms. The number of carbonyl (C=O) groups excluding carboxylic acids is 2. The second kappa shape index (κ2) is 9.92. The second-order valence-electron chi connectivity index (χ2n) is 6.25. The smallest absolute Gasteiger partial charge is 0.416 e. The first-order valence-corrected chi connectivity index (χ1v) is 10.9. The summed E-state index contributed by atoms with van der Waals surface area (Å²) < 4.78 is 44.1. The number of nitrogens with one attached hydrogen (secondary N) is 2. The van der Waals surface area contributed by atoms with Gasteiger partial charge in [-0.1, -0.05) is 18.2 Å². The highest BCUT2D eigenvalue weighted by Gasteiger charge is 2.32. The third-order valence-corrected chi connectivity index (χ3v) is 5.86. The summed E-state index contributed by atoms with van der Waals surface area (Å²) in [7, 11) is 0. The molecule has 164 valence electrons. The SMILES string of the molecule is CCOC(=O)Cc1csc(NC(=O)c2ccc(NCc3ccccc3C(F)(F)F)s2)n1. The number of amides is 1. The van der Waals surface area contributed by atoms with Crippen LogP contribution >= 0.6 is 22.7 Å². The Morgan fingerprint density at radius 2 is 1.94 bits per heavy atom. The number of nitrogens with zero attached hydrogens (tertiary/aromatic N) is 1. The van der Waals surface area contributed by atoms with E-state index in [4.69, 9.17) is 4.74 Å². The summed E-state index contributed by atoms with van der Waals surface area (Å²) >= 11 is 2.30. The fourth-order valence-corrected chi connectivity index (χ4v) is 4.15. The number of hydrogen-bond acceptors (Lipinski definition) is 7. The molecule has 0 aliphatic rings. The van der Waals surface area contributed by atoms with Crippen molar-refractivity contribution in [3.05, 3.63) is 63.5 Å². The monoisotopic (exact) mass is 469 g/mol. The number of rotatable bonds is 8. The number of hydrogen-bond donors (Lipinski definition) is 2. The summed E-state index contributed by atoms with van der Waals surface area (Å²) in [5.74, 6) is -0.794. The second-order valence-corrected chi connectivity index (χ2v) is 8.19. The van der Waals surface area contributed by atoms with Crippen LogP contribution in [0.25, 0.3) is 0 Å². The molecule has 0 fully saturated rings. The largest absolute Gasteiger partial charge is 0.466 e. The molecule has 0 atom stereocenters. The van der Waals surface area contributed by atoms with E-state index in [1.165, 1.54) is 23.5 Å². The van der Waals surface area contributed by atoms with Gasteiger partial charge < -0.3 is 10.1 Å². The number of anilines is 2. The van der Waals surface area contributed by atoms with Gasteiger partial charge in [0.2, 0.25) is 0 Å². The van der Waals surface area contributed by atoms with Crippen molar-refractivity contribution in [3.63, 3.8) is 0 Å². The fraction of sp³-hybridized carbons (Fsp3) is 0.250. The van der Waals surface area contributed by atoms with Crippen LogP contribution in [0.2, 0.25) is 0 Å². The van der Waals surface area contributed by atoms with E-state index in [1.807, 2.05) is 0 Å². The zero-order valence-corrected chi connectivity index (χ0v) is 17.9. The number of benzene rings is 1. The highest BCUT2D eigenvalue weighted by Crippen LogP contribution is 2.32. The molecule has 11 heteroatoms. The van der Waals surface area contributed by atoms with Crippen LogP contribution in [0.3, 0.4) is 0 Å². The summed E-state index contributed by atoms with van der Waals surface area (Å²) in [6.07, 6.45) is -4.41. The number of carbonyl (C=O) groups is 2. The topological polar surface area (TPSA) is 80.3 Å². The zero-order chi connectivity index (χ0) is 22.4. The van der Waals surface area contributed by atoms with Crippen LogP contribution in [-0.4, -0.2) is 23.5 Å². The van der Waals surface area contributed by atoms with Crippen molar-refractivity contribution in [2.75, 3.05) is 17.2 Å². The predicted molar refractivity (Wildman–Crippen MR) is 113 cm³/mol. The Labute approximate surface area is 184 Å². The minimum absolute atomic E-state index is 0.0205. The summed E-state index contributed by atoms with van der Waals surface area (Å²) in [4.78, 5) is 28.5. The summed E-state index contributed by atoms with van der Waals surface area (Å²) in [5.41, 5.74) is -0.0821.